The van der Waals surface area contributed by atoms with Crippen LogP contribution in [0.1, 0.15) is 17.3 Å². The number of carbonyl (C=O) groups excluding carboxylic acids is 1. The van der Waals surface area contributed by atoms with Crippen molar-refractivity contribution in [3.63, 3.8) is 0 Å². The number of aromatic nitrogens is 2. The normalized spacial score (nSPS) is 10.7. The summed E-state index contributed by atoms with van der Waals surface area (Å²) in [5.74, 6) is 1.48. The van der Waals surface area contributed by atoms with Crippen molar-refractivity contribution in [1.29, 1.82) is 0 Å². The molecule has 1 aromatic heterocycles. The number of halogens is 1. The Balaban J connectivity index is 1.85. The average Bonchev–Trinajstić information content (AvgIpc) is 2.74. The number of nitrogen functional groups attached to an aromatic ring is 1. The smallest absolute Gasteiger partial charge is 0.222 e. The van der Waals surface area contributed by atoms with Gasteiger partial charge >= 0.3 is 0 Å². The van der Waals surface area contributed by atoms with E-state index in [9.17, 15) is 4.79 Å². The van der Waals surface area contributed by atoms with Gasteiger partial charge in [0.15, 0.2) is 6.29 Å². The molecule has 1 heterocycles. The third kappa shape index (κ3) is 4.11. The lowest BCUT2D eigenvalue weighted by Gasteiger charge is -2.13. The first-order valence-corrected chi connectivity index (χ1v) is 10.2. The van der Waals surface area contributed by atoms with Gasteiger partial charge in [-0.15, -0.1) is 0 Å². The van der Waals surface area contributed by atoms with Crippen LogP contribution in [0.2, 0.25) is 0 Å². The molecule has 0 radical (unpaired) electrons. The molecule has 0 saturated carbocycles. The first-order valence-electron chi connectivity index (χ1n) is 9.39. The minimum absolute atomic E-state index is 0.180. The third-order valence-corrected chi connectivity index (χ3v) is 5.07. The molecule has 4 aromatic rings. The van der Waals surface area contributed by atoms with E-state index in [1.807, 2.05) is 55.5 Å². The highest BCUT2D eigenvalue weighted by molar-refractivity contribution is 9.10. The fourth-order valence-corrected chi connectivity index (χ4v) is 3.66. The van der Waals surface area contributed by atoms with E-state index in [1.165, 1.54) is 0 Å². The van der Waals surface area contributed by atoms with Crippen molar-refractivity contribution in [2.75, 3.05) is 17.7 Å². The highest BCUT2D eigenvalue weighted by Crippen LogP contribution is 2.33. The molecule has 30 heavy (non-hydrogen) atoms. The zero-order valence-corrected chi connectivity index (χ0v) is 17.8. The minimum Gasteiger partial charge on any atom is -0.494 e. The summed E-state index contributed by atoms with van der Waals surface area (Å²) in [6, 6.07) is 18.9. The minimum atomic E-state index is 0.180. The lowest BCUT2D eigenvalue weighted by Crippen LogP contribution is -2.02. The van der Waals surface area contributed by atoms with Crippen molar-refractivity contribution < 1.29 is 9.53 Å². The fraction of sp³-hybridized carbons (Fsp3) is 0.0870. The molecule has 0 bridgehead atoms. The Morgan fingerprint density at radius 1 is 1.10 bits per heavy atom. The summed E-state index contributed by atoms with van der Waals surface area (Å²) in [6.45, 7) is 2.47. The predicted octanol–water partition coefficient (Wildman–Crippen LogP) is 5.60. The molecule has 0 atom stereocenters. The van der Waals surface area contributed by atoms with Crippen LogP contribution < -0.4 is 15.8 Å². The number of hydrogen-bond acceptors (Lipinski definition) is 6. The number of anilines is 3. The second kappa shape index (κ2) is 8.51. The fourth-order valence-electron chi connectivity index (χ4n) is 3.26. The lowest BCUT2D eigenvalue weighted by atomic mass is 9.98. The second-order valence-corrected chi connectivity index (χ2v) is 7.51. The van der Waals surface area contributed by atoms with Gasteiger partial charge in [-0.25, -0.2) is 4.98 Å². The number of aldehydes is 1. The molecule has 0 saturated heterocycles. The number of nitrogens with two attached hydrogens (primary N) is 1. The molecule has 0 amide bonds. The Labute approximate surface area is 182 Å². The van der Waals surface area contributed by atoms with Gasteiger partial charge in [-0.05, 0) is 66.6 Å². The highest BCUT2D eigenvalue weighted by Gasteiger charge is 2.12. The second-order valence-electron chi connectivity index (χ2n) is 6.60. The van der Waals surface area contributed by atoms with Crippen LogP contribution >= 0.6 is 15.9 Å². The lowest BCUT2D eigenvalue weighted by molar-refractivity contribution is 0.112. The predicted molar refractivity (Wildman–Crippen MR) is 123 cm³/mol. The van der Waals surface area contributed by atoms with E-state index in [1.54, 1.807) is 12.1 Å². The number of rotatable bonds is 6. The third-order valence-electron chi connectivity index (χ3n) is 4.57. The van der Waals surface area contributed by atoms with E-state index in [4.69, 9.17) is 10.5 Å². The van der Waals surface area contributed by atoms with Gasteiger partial charge in [-0.3, -0.25) is 4.79 Å². The van der Waals surface area contributed by atoms with Crippen LogP contribution in [0.15, 0.2) is 65.1 Å². The molecule has 0 aliphatic carbocycles. The van der Waals surface area contributed by atoms with Crippen LogP contribution in [-0.2, 0) is 0 Å². The Kier molecular flexibility index (Phi) is 5.63. The SMILES string of the molecule is CCOc1ccc(C=O)c(-c2ccc3nc(N)nc(Nc4cccc(Br)c4)c3c2)c1. The molecular formula is C23H19BrN4O2. The van der Waals surface area contributed by atoms with Crippen molar-refractivity contribution >= 4 is 50.6 Å². The summed E-state index contributed by atoms with van der Waals surface area (Å²) >= 11 is 3.47. The summed E-state index contributed by atoms with van der Waals surface area (Å²) in [5, 5.41) is 4.10. The van der Waals surface area contributed by atoms with E-state index < -0.39 is 0 Å². The van der Waals surface area contributed by atoms with Gasteiger partial charge in [-0.1, -0.05) is 28.1 Å². The molecule has 6 nitrogen and oxygen atoms in total. The van der Waals surface area contributed by atoms with E-state index >= 15 is 0 Å². The largest absolute Gasteiger partial charge is 0.494 e. The molecule has 150 valence electrons. The molecule has 0 fully saturated rings. The highest BCUT2D eigenvalue weighted by atomic mass is 79.9. The molecule has 3 N–H and O–H groups in total. The Morgan fingerprint density at radius 2 is 1.97 bits per heavy atom. The van der Waals surface area contributed by atoms with Crippen LogP contribution in [0.25, 0.3) is 22.0 Å². The molecule has 0 aliphatic heterocycles. The van der Waals surface area contributed by atoms with Gasteiger partial charge in [0, 0.05) is 21.1 Å². The maximum atomic E-state index is 11.6. The number of benzene rings is 3. The number of fused-ring (bicyclic) bond motifs is 1. The Hall–Kier alpha value is -3.45. The Morgan fingerprint density at radius 3 is 2.73 bits per heavy atom. The topological polar surface area (TPSA) is 90.1 Å². The maximum absolute atomic E-state index is 11.6. The monoisotopic (exact) mass is 462 g/mol. The van der Waals surface area contributed by atoms with Gasteiger partial charge in [0.05, 0.1) is 12.1 Å². The number of hydrogen-bond donors (Lipinski definition) is 2. The van der Waals surface area contributed by atoms with Gasteiger partial charge < -0.3 is 15.8 Å². The van der Waals surface area contributed by atoms with E-state index in [0.717, 1.165) is 33.0 Å². The molecule has 3 aromatic carbocycles. The zero-order chi connectivity index (χ0) is 21.1. The molecule has 0 spiro atoms. The van der Waals surface area contributed by atoms with Crippen molar-refractivity contribution in [3.05, 3.63) is 70.7 Å². The van der Waals surface area contributed by atoms with E-state index in [0.29, 0.717) is 29.3 Å². The van der Waals surface area contributed by atoms with Crippen LogP contribution in [0.3, 0.4) is 0 Å². The van der Waals surface area contributed by atoms with Crippen LogP contribution in [0.5, 0.6) is 5.75 Å². The zero-order valence-electron chi connectivity index (χ0n) is 16.2. The van der Waals surface area contributed by atoms with Gasteiger partial charge in [0.25, 0.3) is 0 Å². The average molecular weight is 463 g/mol. The molecule has 4 rings (SSSR count). The van der Waals surface area contributed by atoms with Crippen LogP contribution in [-0.4, -0.2) is 22.9 Å². The molecule has 0 aliphatic rings. The number of ether oxygens (including phenoxy) is 1. The Bertz CT molecular complexity index is 1240. The van der Waals surface area contributed by atoms with Crippen molar-refractivity contribution in [3.8, 4) is 16.9 Å². The van der Waals surface area contributed by atoms with Crippen molar-refractivity contribution in [2.24, 2.45) is 0 Å². The van der Waals surface area contributed by atoms with Crippen molar-refractivity contribution in [2.45, 2.75) is 6.92 Å². The first kappa shape index (κ1) is 19.8. The molecular weight excluding hydrogens is 444 g/mol. The first-order chi connectivity index (χ1) is 14.6. The molecule has 7 heteroatoms. The molecule has 0 unspecified atom stereocenters. The van der Waals surface area contributed by atoms with Crippen molar-refractivity contribution in [1.82, 2.24) is 9.97 Å². The summed E-state index contributed by atoms with van der Waals surface area (Å²) in [7, 11) is 0. The summed E-state index contributed by atoms with van der Waals surface area (Å²) in [5.41, 5.74) is 9.71. The summed E-state index contributed by atoms with van der Waals surface area (Å²) in [4.78, 5) is 20.4. The number of nitrogens with one attached hydrogen (secondary N) is 1. The quantitative estimate of drug-likeness (QED) is 0.362. The van der Waals surface area contributed by atoms with Gasteiger partial charge in [-0.2, -0.15) is 4.98 Å². The number of nitrogens with zero attached hydrogens (tertiary/aromatic N) is 2. The number of carbonyl (C=O) groups is 1. The van der Waals surface area contributed by atoms with Gasteiger partial charge in [0.2, 0.25) is 5.95 Å². The van der Waals surface area contributed by atoms with E-state index in [2.05, 4.69) is 31.2 Å². The summed E-state index contributed by atoms with van der Waals surface area (Å²) < 4.78 is 6.56. The van der Waals surface area contributed by atoms with Crippen LogP contribution in [0, 0.1) is 0 Å². The van der Waals surface area contributed by atoms with Crippen LogP contribution in [0.4, 0.5) is 17.5 Å². The maximum Gasteiger partial charge on any atom is 0.222 e. The van der Waals surface area contributed by atoms with Gasteiger partial charge in [0.1, 0.15) is 11.6 Å². The van der Waals surface area contributed by atoms with E-state index in [-0.39, 0.29) is 5.95 Å². The summed E-state index contributed by atoms with van der Waals surface area (Å²) in [6.07, 6.45) is 0.843. The standard InChI is InChI=1S/C23H19BrN4O2/c1-2-30-18-8-6-15(13-29)19(12-18)14-7-9-21-20(10-14)22(28-23(25)27-21)26-17-5-3-4-16(24)11-17/h3-13H,2H2,1H3,(H3,25,26,27,28).